The van der Waals surface area contributed by atoms with E-state index in [1.54, 1.807) is 12.4 Å². The number of aryl methyl sites for hydroxylation is 1. The standard InChI is InChI=1S/C19H14FN5O/c1-12-7-13(4-5-17(12)26-14-3-2-6-21-9-14)25-19-15-8-18(20)22-10-16(15)23-11-24-19/h2-11H,1H3,(H,23,24,25). The molecule has 0 amide bonds. The van der Waals surface area contributed by atoms with E-state index in [1.165, 1.54) is 18.6 Å². The Morgan fingerprint density at radius 3 is 2.77 bits per heavy atom. The van der Waals surface area contributed by atoms with Crippen molar-refractivity contribution >= 4 is 22.4 Å². The fourth-order valence-electron chi connectivity index (χ4n) is 2.55. The molecular formula is C19H14FN5O. The van der Waals surface area contributed by atoms with Gasteiger partial charge in [-0.3, -0.25) is 4.98 Å². The summed E-state index contributed by atoms with van der Waals surface area (Å²) in [6.45, 7) is 1.94. The van der Waals surface area contributed by atoms with Crippen LogP contribution in [0, 0.1) is 12.9 Å². The molecule has 4 aromatic rings. The van der Waals surface area contributed by atoms with Gasteiger partial charge < -0.3 is 10.1 Å². The Morgan fingerprint density at radius 1 is 1.04 bits per heavy atom. The first-order chi connectivity index (χ1) is 12.7. The average molecular weight is 347 g/mol. The Labute approximate surface area is 148 Å². The molecule has 0 radical (unpaired) electrons. The normalized spacial score (nSPS) is 10.7. The van der Waals surface area contributed by atoms with E-state index in [9.17, 15) is 4.39 Å². The van der Waals surface area contributed by atoms with E-state index in [-0.39, 0.29) is 0 Å². The monoisotopic (exact) mass is 347 g/mol. The number of anilines is 2. The van der Waals surface area contributed by atoms with Gasteiger partial charge in [0, 0.05) is 23.3 Å². The fraction of sp³-hybridized carbons (Fsp3) is 0.0526. The molecule has 0 fully saturated rings. The molecule has 26 heavy (non-hydrogen) atoms. The van der Waals surface area contributed by atoms with E-state index in [2.05, 4.69) is 25.3 Å². The Morgan fingerprint density at radius 2 is 1.96 bits per heavy atom. The van der Waals surface area contributed by atoms with Crippen LogP contribution in [0.2, 0.25) is 0 Å². The minimum Gasteiger partial charge on any atom is -0.455 e. The van der Waals surface area contributed by atoms with Crippen LogP contribution in [0.3, 0.4) is 0 Å². The third kappa shape index (κ3) is 3.27. The fourth-order valence-corrected chi connectivity index (χ4v) is 2.55. The molecule has 3 heterocycles. The third-order valence-corrected chi connectivity index (χ3v) is 3.79. The number of pyridine rings is 2. The maximum Gasteiger partial charge on any atom is 0.213 e. The van der Waals surface area contributed by atoms with E-state index in [1.807, 2.05) is 37.3 Å². The summed E-state index contributed by atoms with van der Waals surface area (Å²) in [6.07, 6.45) is 6.14. The second-order valence-corrected chi connectivity index (χ2v) is 5.64. The lowest BCUT2D eigenvalue weighted by Gasteiger charge is -2.12. The molecule has 6 nitrogen and oxygen atoms in total. The van der Waals surface area contributed by atoms with Crippen LogP contribution in [0.25, 0.3) is 10.9 Å². The predicted molar refractivity (Wildman–Crippen MR) is 96.1 cm³/mol. The van der Waals surface area contributed by atoms with E-state index < -0.39 is 5.95 Å². The van der Waals surface area contributed by atoms with E-state index in [4.69, 9.17) is 4.74 Å². The first-order valence-corrected chi connectivity index (χ1v) is 7.91. The van der Waals surface area contributed by atoms with Gasteiger partial charge in [-0.05, 0) is 42.8 Å². The zero-order valence-electron chi connectivity index (χ0n) is 13.8. The third-order valence-electron chi connectivity index (χ3n) is 3.79. The summed E-state index contributed by atoms with van der Waals surface area (Å²) in [5, 5.41) is 3.76. The van der Waals surface area contributed by atoms with Crippen LogP contribution in [-0.2, 0) is 0 Å². The Bertz CT molecular complexity index is 1070. The predicted octanol–water partition coefficient (Wildman–Crippen LogP) is 4.40. The molecule has 1 N–H and O–H groups in total. The highest BCUT2D eigenvalue weighted by Crippen LogP contribution is 2.29. The molecule has 0 bridgehead atoms. The Balaban J connectivity index is 1.62. The van der Waals surface area contributed by atoms with Gasteiger partial charge in [0.2, 0.25) is 5.95 Å². The van der Waals surface area contributed by atoms with Crippen molar-refractivity contribution in [3.05, 3.63) is 72.8 Å². The molecule has 3 aromatic heterocycles. The second-order valence-electron chi connectivity index (χ2n) is 5.64. The summed E-state index contributed by atoms with van der Waals surface area (Å²) in [5.74, 6) is 1.33. The van der Waals surface area contributed by atoms with Crippen molar-refractivity contribution in [1.29, 1.82) is 0 Å². The van der Waals surface area contributed by atoms with Gasteiger partial charge in [-0.1, -0.05) is 0 Å². The summed E-state index contributed by atoms with van der Waals surface area (Å²) in [5.41, 5.74) is 2.31. The molecule has 7 heteroatoms. The van der Waals surface area contributed by atoms with Crippen molar-refractivity contribution in [2.75, 3.05) is 5.32 Å². The molecule has 0 aliphatic rings. The highest BCUT2D eigenvalue weighted by atomic mass is 19.1. The second kappa shape index (κ2) is 6.72. The average Bonchev–Trinajstić information content (AvgIpc) is 2.65. The molecular weight excluding hydrogens is 333 g/mol. The summed E-state index contributed by atoms with van der Waals surface area (Å²) in [6, 6.07) is 10.6. The van der Waals surface area contributed by atoms with Crippen LogP contribution in [0.1, 0.15) is 5.56 Å². The first-order valence-electron chi connectivity index (χ1n) is 7.91. The van der Waals surface area contributed by atoms with Gasteiger partial charge in [-0.2, -0.15) is 4.39 Å². The van der Waals surface area contributed by atoms with Gasteiger partial charge >= 0.3 is 0 Å². The van der Waals surface area contributed by atoms with Crippen molar-refractivity contribution in [3.63, 3.8) is 0 Å². The number of nitrogens with one attached hydrogen (secondary N) is 1. The quantitative estimate of drug-likeness (QED) is 0.552. The molecule has 4 rings (SSSR count). The van der Waals surface area contributed by atoms with E-state index in [0.717, 1.165) is 17.0 Å². The molecule has 0 saturated heterocycles. The van der Waals surface area contributed by atoms with Crippen molar-refractivity contribution < 1.29 is 9.13 Å². The maximum absolute atomic E-state index is 13.5. The van der Waals surface area contributed by atoms with Gasteiger partial charge in [0.05, 0.1) is 17.9 Å². The van der Waals surface area contributed by atoms with Crippen LogP contribution < -0.4 is 10.1 Å². The number of nitrogens with zero attached hydrogens (tertiary/aromatic N) is 4. The molecule has 0 atom stereocenters. The molecule has 1 aromatic carbocycles. The first kappa shape index (κ1) is 15.9. The van der Waals surface area contributed by atoms with Gasteiger partial charge in [0.1, 0.15) is 23.6 Å². The Kier molecular flexibility index (Phi) is 4.10. The van der Waals surface area contributed by atoms with Gasteiger partial charge in [-0.25, -0.2) is 15.0 Å². The number of hydrogen-bond donors (Lipinski definition) is 1. The number of fused-ring (bicyclic) bond motifs is 1. The van der Waals surface area contributed by atoms with Gasteiger partial charge in [-0.15, -0.1) is 0 Å². The van der Waals surface area contributed by atoms with Crippen molar-refractivity contribution in [2.24, 2.45) is 0 Å². The Hall–Kier alpha value is -3.61. The van der Waals surface area contributed by atoms with Crippen LogP contribution in [0.5, 0.6) is 11.5 Å². The molecule has 0 aliphatic carbocycles. The van der Waals surface area contributed by atoms with Crippen LogP contribution in [0.4, 0.5) is 15.9 Å². The van der Waals surface area contributed by atoms with Crippen molar-refractivity contribution in [3.8, 4) is 11.5 Å². The van der Waals surface area contributed by atoms with Crippen molar-refractivity contribution in [1.82, 2.24) is 19.9 Å². The molecule has 0 aliphatic heterocycles. The lowest BCUT2D eigenvalue weighted by atomic mass is 10.2. The number of benzene rings is 1. The molecule has 0 spiro atoms. The lowest BCUT2D eigenvalue weighted by Crippen LogP contribution is -1.98. The van der Waals surface area contributed by atoms with Crippen LogP contribution in [0.15, 0.2) is 61.3 Å². The highest BCUT2D eigenvalue weighted by Gasteiger charge is 2.08. The minimum atomic E-state index is -0.577. The summed E-state index contributed by atoms with van der Waals surface area (Å²) >= 11 is 0. The zero-order valence-corrected chi connectivity index (χ0v) is 13.8. The highest BCUT2D eigenvalue weighted by molar-refractivity contribution is 5.89. The largest absolute Gasteiger partial charge is 0.455 e. The van der Waals surface area contributed by atoms with Gasteiger partial charge in [0.25, 0.3) is 0 Å². The van der Waals surface area contributed by atoms with E-state index in [0.29, 0.717) is 22.5 Å². The number of ether oxygens (including phenoxy) is 1. The maximum atomic E-state index is 13.5. The molecule has 128 valence electrons. The van der Waals surface area contributed by atoms with Crippen LogP contribution in [-0.4, -0.2) is 19.9 Å². The lowest BCUT2D eigenvalue weighted by molar-refractivity contribution is 0.476. The van der Waals surface area contributed by atoms with Gasteiger partial charge in [0.15, 0.2) is 0 Å². The summed E-state index contributed by atoms with van der Waals surface area (Å²) < 4.78 is 19.3. The number of rotatable bonds is 4. The summed E-state index contributed by atoms with van der Waals surface area (Å²) in [4.78, 5) is 16.0. The zero-order chi connectivity index (χ0) is 17.9. The molecule has 0 unspecified atom stereocenters. The smallest absolute Gasteiger partial charge is 0.213 e. The number of halogens is 1. The number of aromatic nitrogens is 4. The van der Waals surface area contributed by atoms with Crippen molar-refractivity contribution in [2.45, 2.75) is 6.92 Å². The SMILES string of the molecule is Cc1cc(Nc2ncnc3cnc(F)cc23)ccc1Oc1cccnc1. The number of hydrogen-bond acceptors (Lipinski definition) is 6. The minimum absolute atomic E-state index is 0.511. The van der Waals surface area contributed by atoms with Crippen LogP contribution >= 0.6 is 0 Å². The van der Waals surface area contributed by atoms with E-state index >= 15 is 0 Å². The summed E-state index contributed by atoms with van der Waals surface area (Å²) in [7, 11) is 0. The molecule has 0 saturated carbocycles. The topological polar surface area (TPSA) is 72.8 Å².